The van der Waals surface area contributed by atoms with Gasteiger partial charge in [0.1, 0.15) is 0 Å². The Labute approximate surface area is 98.1 Å². The quantitative estimate of drug-likeness (QED) is 0.637. The predicted octanol–water partition coefficient (Wildman–Crippen LogP) is 0.919. The van der Waals surface area contributed by atoms with Gasteiger partial charge in [-0.05, 0) is 25.2 Å². The van der Waals surface area contributed by atoms with E-state index in [2.05, 4.69) is 17.6 Å². The van der Waals surface area contributed by atoms with Crippen LogP contribution in [0, 0.1) is 5.92 Å². The normalized spacial score (nSPS) is 20.7. The van der Waals surface area contributed by atoms with Gasteiger partial charge >= 0.3 is 0 Å². The fraction of sp³-hybridized carbons (Fsp3) is 0.917. The lowest BCUT2D eigenvalue weighted by Gasteiger charge is -2.22. The van der Waals surface area contributed by atoms with Crippen molar-refractivity contribution in [2.24, 2.45) is 5.92 Å². The van der Waals surface area contributed by atoms with Gasteiger partial charge < -0.3 is 15.4 Å². The predicted molar refractivity (Wildman–Crippen MR) is 64.3 cm³/mol. The minimum atomic E-state index is 0.102. The van der Waals surface area contributed by atoms with Crippen LogP contribution < -0.4 is 10.6 Å². The van der Waals surface area contributed by atoms with Crippen LogP contribution in [0.15, 0.2) is 0 Å². The highest BCUT2D eigenvalue weighted by Gasteiger charge is 2.13. The zero-order valence-corrected chi connectivity index (χ0v) is 10.3. The third-order valence-electron chi connectivity index (χ3n) is 2.83. The smallest absolute Gasteiger partial charge is 0.233 e. The molecule has 1 heterocycles. The van der Waals surface area contributed by atoms with E-state index in [4.69, 9.17) is 4.74 Å². The van der Waals surface area contributed by atoms with Crippen LogP contribution in [0.5, 0.6) is 0 Å². The van der Waals surface area contributed by atoms with E-state index in [1.165, 1.54) is 6.42 Å². The van der Waals surface area contributed by atoms with Crippen molar-refractivity contribution in [2.45, 2.75) is 32.6 Å². The Bertz CT molecular complexity index is 191. The van der Waals surface area contributed by atoms with E-state index in [0.717, 1.165) is 45.6 Å². The first-order valence-electron chi connectivity index (χ1n) is 6.38. The number of ether oxygens (including phenoxy) is 1. The van der Waals surface area contributed by atoms with Crippen LogP contribution in [-0.2, 0) is 9.53 Å². The molecule has 94 valence electrons. The van der Waals surface area contributed by atoms with Crippen LogP contribution in [0.25, 0.3) is 0 Å². The zero-order valence-electron chi connectivity index (χ0n) is 10.3. The second kappa shape index (κ2) is 8.53. The molecule has 0 saturated carbocycles. The number of unbranched alkanes of at least 4 members (excludes halogenated alkanes) is 1. The van der Waals surface area contributed by atoms with Crippen LogP contribution in [0.2, 0.25) is 0 Å². The summed E-state index contributed by atoms with van der Waals surface area (Å²) >= 11 is 0. The van der Waals surface area contributed by atoms with Gasteiger partial charge in [-0.25, -0.2) is 0 Å². The number of hydrogen-bond donors (Lipinski definition) is 2. The van der Waals surface area contributed by atoms with Gasteiger partial charge in [-0.3, -0.25) is 4.79 Å². The maximum Gasteiger partial charge on any atom is 0.233 e. The maximum atomic E-state index is 11.4. The third-order valence-corrected chi connectivity index (χ3v) is 2.83. The summed E-state index contributed by atoms with van der Waals surface area (Å²) in [6.07, 6.45) is 4.54. The molecular formula is C12H24N2O2. The molecule has 0 aromatic rings. The van der Waals surface area contributed by atoms with Gasteiger partial charge in [-0.1, -0.05) is 13.3 Å². The van der Waals surface area contributed by atoms with E-state index in [1.807, 2.05) is 0 Å². The van der Waals surface area contributed by atoms with Crippen LogP contribution >= 0.6 is 0 Å². The van der Waals surface area contributed by atoms with Gasteiger partial charge in [-0.2, -0.15) is 0 Å². The number of nitrogens with one attached hydrogen (secondary N) is 2. The average Bonchev–Trinajstić information content (AvgIpc) is 2.31. The van der Waals surface area contributed by atoms with Gasteiger partial charge in [0.05, 0.1) is 13.2 Å². The Morgan fingerprint density at radius 1 is 1.50 bits per heavy atom. The molecule has 16 heavy (non-hydrogen) atoms. The molecule has 0 bridgehead atoms. The maximum absolute atomic E-state index is 11.4. The monoisotopic (exact) mass is 228 g/mol. The van der Waals surface area contributed by atoms with Gasteiger partial charge in [0.2, 0.25) is 5.91 Å². The van der Waals surface area contributed by atoms with Gasteiger partial charge in [0.25, 0.3) is 0 Å². The first-order chi connectivity index (χ1) is 7.83. The summed E-state index contributed by atoms with van der Waals surface area (Å²) < 4.78 is 5.38. The molecule has 1 saturated heterocycles. The summed E-state index contributed by atoms with van der Waals surface area (Å²) in [5.41, 5.74) is 0. The van der Waals surface area contributed by atoms with E-state index in [1.54, 1.807) is 0 Å². The van der Waals surface area contributed by atoms with E-state index in [0.29, 0.717) is 12.5 Å². The van der Waals surface area contributed by atoms with Crippen molar-refractivity contribution in [3.8, 4) is 0 Å². The Hall–Kier alpha value is -0.610. The molecule has 0 aliphatic carbocycles. The summed E-state index contributed by atoms with van der Waals surface area (Å²) in [4.78, 5) is 11.4. The molecule has 1 aliphatic rings. The van der Waals surface area contributed by atoms with E-state index in [-0.39, 0.29) is 5.91 Å². The second-order valence-corrected chi connectivity index (χ2v) is 4.42. The van der Waals surface area contributed by atoms with Crippen molar-refractivity contribution in [3.63, 3.8) is 0 Å². The van der Waals surface area contributed by atoms with E-state index < -0.39 is 0 Å². The fourth-order valence-corrected chi connectivity index (χ4v) is 1.83. The number of carbonyl (C=O) groups excluding carboxylic acids is 1. The molecular weight excluding hydrogens is 204 g/mol. The molecule has 0 aromatic carbocycles. The highest BCUT2D eigenvalue weighted by atomic mass is 16.5. The molecule has 0 radical (unpaired) electrons. The summed E-state index contributed by atoms with van der Waals surface area (Å²) in [7, 11) is 0. The van der Waals surface area contributed by atoms with Crippen LogP contribution in [0.4, 0.5) is 0 Å². The molecule has 0 spiro atoms. The lowest BCUT2D eigenvalue weighted by atomic mass is 10.0. The van der Waals surface area contributed by atoms with Crippen molar-refractivity contribution in [3.05, 3.63) is 0 Å². The largest absolute Gasteiger partial charge is 0.381 e. The second-order valence-electron chi connectivity index (χ2n) is 4.42. The molecule has 1 aliphatic heterocycles. The molecule has 4 heteroatoms. The molecule has 1 fully saturated rings. The lowest BCUT2D eigenvalue weighted by molar-refractivity contribution is -0.120. The summed E-state index contributed by atoms with van der Waals surface area (Å²) in [6, 6.07) is 0. The summed E-state index contributed by atoms with van der Waals surface area (Å²) in [5, 5.41) is 6.08. The fourth-order valence-electron chi connectivity index (χ4n) is 1.83. The highest BCUT2D eigenvalue weighted by molar-refractivity contribution is 5.77. The standard InChI is InChI=1S/C12H24N2O2/c1-2-3-6-14-12(15)9-13-8-11-5-4-7-16-10-11/h11,13H,2-10H2,1H3,(H,14,15). The van der Waals surface area contributed by atoms with Crippen molar-refractivity contribution in [1.82, 2.24) is 10.6 Å². The number of amides is 1. The molecule has 1 atom stereocenters. The van der Waals surface area contributed by atoms with Gasteiger partial charge in [0, 0.05) is 19.7 Å². The average molecular weight is 228 g/mol. The topological polar surface area (TPSA) is 50.4 Å². The molecule has 0 aromatic heterocycles. The molecule has 1 rings (SSSR count). The van der Waals surface area contributed by atoms with Crippen molar-refractivity contribution >= 4 is 5.91 Å². The zero-order chi connectivity index (χ0) is 11.6. The SMILES string of the molecule is CCCCNC(=O)CNCC1CCCOC1. The number of hydrogen-bond acceptors (Lipinski definition) is 3. The van der Waals surface area contributed by atoms with Crippen LogP contribution in [-0.4, -0.2) is 38.8 Å². The first-order valence-corrected chi connectivity index (χ1v) is 6.38. The summed E-state index contributed by atoms with van der Waals surface area (Å²) in [5.74, 6) is 0.683. The Morgan fingerprint density at radius 3 is 3.06 bits per heavy atom. The minimum Gasteiger partial charge on any atom is -0.381 e. The molecule has 4 nitrogen and oxygen atoms in total. The summed E-state index contributed by atoms with van der Waals surface area (Å²) in [6.45, 7) is 5.97. The van der Waals surface area contributed by atoms with E-state index >= 15 is 0 Å². The minimum absolute atomic E-state index is 0.102. The first kappa shape index (κ1) is 13.5. The lowest BCUT2D eigenvalue weighted by Crippen LogP contribution is -2.37. The van der Waals surface area contributed by atoms with Crippen molar-refractivity contribution in [1.29, 1.82) is 0 Å². The van der Waals surface area contributed by atoms with Gasteiger partial charge in [-0.15, -0.1) is 0 Å². The van der Waals surface area contributed by atoms with Crippen LogP contribution in [0.3, 0.4) is 0 Å². The molecule has 2 N–H and O–H groups in total. The van der Waals surface area contributed by atoms with Crippen molar-refractivity contribution < 1.29 is 9.53 Å². The molecule has 1 amide bonds. The van der Waals surface area contributed by atoms with E-state index in [9.17, 15) is 4.79 Å². The molecule has 1 unspecified atom stereocenters. The Balaban J connectivity index is 1.94. The van der Waals surface area contributed by atoms with Gasteiger partial charge in [0.15, 0.2) is 0 Å². The Kier molecular flexibility index (Phi) is 7.17. The third kappa shape index (κ3) is 6.08. The number of rotatable bonds is 7. The van der Waals surface area contributed by atoms with Crippen LogP contribution in [0.1, 0.15) is 32.6 Å². The highest BCUT2D eigenvalue weighted by Crippen LogP contribution is 2.11. The Morgan fingerprint density at radius 2 is 2.38 bits per heavy atom. The van der Waals surface area contributed by atoms with Crippen molar-refractivity contribution in [2.75, 3.05) is 32.8 Å². The number of carbonyl (C=O) groups is 1.